The molecule has 6 nitrogen and oxygen atoms in total. The lowest BCUT2D eigenvalue weighted by molar-refractivity contribution is -0.137. The van der Waals surface area contributed by atoms with Gasteiger partial charge in [0.05, 0.1) is 0 Å². The van der Waals surface area contributed by atoms with Crippen molar-refractivity contribution >= 4 is 11.9 Å². The van der Waals surface area contributed by atoms with E-state index in [-0.39, 0.29) is 24.0 Å². The van der Waals surface area contributed by atoms with Gasteiger partial charge in [0.25, 0.3) is 5.91 Å². The maximum absolute atomic E-state index is 12.2. The number of carbonyl (C=O) groups is 2. The summed E-state index contributed by atoms with van der Waals surface area (Å²) >= 11 is 0. The topological polar surface area (TPSA) is 83.6 Å². The highest BCUT2D eigenvalue weighted by atomic mass is 19.1. The van der Waals surface area contributed by atoms with Crippen molar-refractivity contribution in [3.05, 3.63) is 17.5 Å². The molecule has 92 valence electrons. The number of hydrogen-bond acceptors (Lipinski definition) is 4. The van der Waals surface area contributed by atoms with Crippen LogP contribution in [-0.2, 0) is 11.5 Å². The fraction of sp³-hybridized carbons (Fsp3) is 0.500. The van der Waals surface area contributed by atoms with Crippen molar-refractivity contribution in [2.24, 2.45) is 0 Å². The molecule has 0 aromatic carbocycles. The number of alkyl halides is 1. The number of rotatable bonds is 5. The van der Waals surface area contributed by atoms with E-state index >= 15 is 0 Å². The van der Waals surface area contributed by atoms with Gasteiger partial charge in [0.1, 0.15) is 13.2 Å². The minimum atomic E-state index is -1.08. The molecule has 1 saturated carbocycles. The quantitative estimate of drug-likeness (QED) is 0.826. The summed E-state index contributed by atoms with van der Waals surface area (Å²) < 4.78 is 16.8. The van der Waals surface area contributed by atoms with Crippen molar-refractivity contribution < 1.29 is 23.6 Å². The lowest BCUT2D eigenvalue weighted by Crippen LogP contribution is -2.37. The smallest absolute Gasteiger partial charge is 0.323 e. The fourth-order valence-corrected chi connectivity index (χ4v) is 1.52. The first kappa shape index (κ1) is 11.6. The molecule has 1 aromatic heterocycles. The van der Waals surface area contributed by atoms with E-state index in [1.165, 1.54) is 11.0 Å². The summed E-state index contributed by atoms with van der Waals surface area (Å²) in [6.07, 6.45) is 1.57. The van der Waals surface area contributed by atoms with Gasteiger partial charge in [-0.15, -0.1) is 0 Å². The van der Waals surface area contributed by atoms with E-state index in [9.17, 15) is 14.0 Å². The first-order chi connectivity index (χ1) is 8.11. The number of aromatic nitrogens is 1. The number of halogens is 1. The van der Waals surface area contributed by atoms with Gasteiger partial charge in [0.15, 0.2) is 11.5 Å². The monoisotopic (exact) mass is 242 g/mol. The van der Waals surface area contributed by atoms with Crippen molar-refractivity contribution in [1.29, 1.82) is 0 Å². The fourth-order valence-electron chi connectivity index (χ4n) is 1.52. The van der Waals surface area contributed by atoms with Gasteiger partial charge in [-0.3, -0.25) is 9.59 Å². The van der Waals surface area contributed by atoms with Crippen molar-refractivity contribution in [1.82, 2.24) is 10.1 Å². The Bertz CT molecular complexity index is 441. The molecule has 17 heavy (non-hydrogen) atoms. The molecule has 1 aliphatic rings. The van der Waals surface area contributed by atoms with Crippen LogP contribution in [0.2, 0.25) is 0 Å². The van der Waals surface area contributed by atoms with Gasteiger partial charge in [-0.2, -0.15) is 0 Å². The largest absolute Gasteiger partial charge is 0.480 e. The third kappa shape index (κ3) is 2.61. The molecule has 7 heteroatoms. The Morgan fingerprint density at radius 2 is 2.29 bits per heavy atom. The molecule has 0 bridgehead atoms. The predicted octanol–water partition coefficient (Wildman–Crippen LogP) is 0.833. The molecule has 0 spiro atoms. The van der Waals surface area contributed by atoms with Crippen LogP contribution in [0.15, 0.2) is 10.6 Å². The molecule has 1 aliphatic carbocycles. The van der Waals surface area contributed by atoms with E-state index in [0.717, 1.165) is 12.8 Å². The van der Waals surface area contributed by atoms with E-state index in [1.54, 1.807) is 0 Å². The Kier molecular flexibility index (Phi) is 3.08. The van der Waals surface area contributed by atoms with Crippen molar-refractivity contribution in [3.8, 4) is 0 Å². The maximum Gasteiger partial charge on any atom is 0.323 e. The number of aliphatic carboxylic acids is 1. The summed E-state index contributed by atoms with van der Waals surface area (Å²) in [6, 6.07) is 1.14. The van der Waals surface area contributed by atoms with Gasteiger partial charge in [-0.05, 0) is 12.8 Å². The van der Waals surface area contributed by atoms with Crippen LogP contribution in [0.1, 0.15) is 29.1 Å². The minimum absolute atomic E-state index is 0.0422. The lowest BCUT2D eigenvalue weighted by Gasteiger charge is -2.18. The van der Waals surface area contributed by atoms with Crippen LogP contribution < -0.4 is 0 Å². The summed E-state index contributed by atoms with van der Waals surface area (Å²) in [5, 5.41) is 12.1. The van der Waals surface area contributed by atoms with E-state index in [1.807, 2.05) is 0 Å². The van der Waals surface area contributed by atoms with Crippen LogP contribution in [0.25, 0.3) is 0 Å². The number of hydrogen-bond donors (Lipinski definition) is 1. The zero-order chi connectivity index (χ0) is 12.4. The molecule has 1 aromatic rings. The predicted molar refractivity (Wildman–Crippen MR) is 53.0 cm³/mol. The number of carboxylic acids is 1. The summed E-state index contributed by atoms with van der Waals surface area (Å²) in [5.41, 5.74) is -0.0502. The maximum atomic E-state index is 12.2. The van der Waals surface area contributed by atoms with Crippen molar-refractivity contribution in [3.63, 3.8) is 0 Å². The van der Waals surface area contributed by atoms with Gasteiger partial charge < -0.3 is 14.5 Å². The Morgan fingerprint density at radius 1 is 1.59 bits per heavy atom. The molecule has 1 heterocycles. The molecule has 0 unspecified atom stereocenters. The molecule has 0 atom stereocenters. The van der Waals surface area contributed by atoms with Crippen LogP contribution in [0.4, 0.5) is 4.39 Å². The van der Waals surface area contributed by atoms with Gasteiger partial charge in [0, 0.05) is 12.1 Å². The van der Waals surface area contributed by atoms with E-state index in [4.69, 9.17) is 5.11 Å². The summed E-state index contributed by atoms with van der Waals surface area (Å²) in [7, 11) is 0. The van der Waals surface area contributed by atoms with Gasteiger partial charge in [-0.1, -0.05) is 5.16 Å². The second-order valence-corrected chi connectivity index (χ2v) is 3.87. The highest BCUT2D eigenvalue weighted by Gasteiger charge is 2.35. The first-order valence-electron chi connectivity index (χ1n) is 5.16. The van der Waals surface area contributed by atoms with Crippen LogP contribution in [0, 0.1) is 0 Å². The Labute approximate surface area is 96.0 Å². The molecular weight excluding hydrogens is 231 g/mol. The van der Waals surface area contributed by atoms with Crippen LogP contribution in [-0.4, -0.2) is 39.6 Å². The SMILES string of the molecule is O=C(O)CN(C(=O)c1cc(CF)on1)C1CC1. The molecule has 1 fully saturated rings. The summed E-state index contributed by atoms with van der Waals surface area (Å²) in [6.45, 7) is -1.22. The van der Waals surface area contributed by atoms with Crippen molar-refractivity contribution in [2.75, 3.05) is 6.54 Å². The van der Waals surface area contributed by atoms with Crippen LogP contribution in [0.3, 0.4) is 0 Å². The Morgan fingerprint density at radius 3 is 2.76 bits per heavy atom. The Balaban J connectivity index is 2.12. The van der Waals surface area contributed by atoms with Crippen molar-refractivity contribution in [2.45, 2.75) is 25.6 Å². The molecule has 0 aliphatic heterocycles. The molecule has 1 amide bonds. The third-order valence-electron chi connectivity index (χ3n) is 2.46. The molecule has 0 radical (unpaired) electrons. The zero-order valence-corrected chi connectivity index (χ0v) is 8.93. The van der Waals surface area contributed by atoms with E-state index in [2.05, 4.69) is 9.68 Å². The van der Waals surface area contributed by atoms with E-state index in [0.29, 0.717) is 0 Å². The summed E-state index contributed by atoms with van der Waals surface area (Å²) in [4.78, 5) is 23.8. The molecule has 2 rings (SSSR count). The standard InChI is InChI=1S/C10H11FN2O4/c11-4-7-3-8(12-17-7)10(16)13(5-9(14)15)6-1-2-6/h3,6H,1-2,4-5H2,(H,14,15). The van der Waals surface area contributed by atoms with Gasteiger partial charge in [-0.25, -0.2) is 4.39 Å². The number of carbonyl (C=O) groups excluding carboxylic acids is 1. The molecular formula is C10H11FN2O4. The van der Waals surface area contributed by atoms with Crippen LogP contribution >= 0.6 is 0 Å². The average Bonchev–Trinajstić information content (AvgIpc) is 3.02. The second-order valence-electron chi connectivity index (χ2n) is 3.87. The number of amides is 1. The highest BCUT2D eigenvalue weighted by Crippen LogP contribution is 2.28. The first-order valence-corrected chi connectivity index (χ1v) is 5.16. The molecule has 1 N–H and O–H groups in total. The van der Waals surface area contributed by atoms with Gasteiger partial charge in [0.2, 0.25) is 0 Å². The van der Waals surface area contributed by atoms with Crippen LogP contribution in [0.5, 0.6) is 0 Å². The lowest BCUT2D eigenvalue weighted by atomic mass is 10.3. The zero-order valence-electron chi connectivity index (χ0n) is 8.93. The summed E-state index contributed by atoms with van der Waals surface area (Å²) in [5.74, 6) is -1.66. The van der Waals surface area contributed by atoms with Gasteiger partial charge >= 0.3 is 5.97 Å². The Hall–Kier alpha value is -1.92. The minimum Gasteiger partial charge on any atom is -0.480 e. The second kappa shape index (κ2) is 4.52. The number of nitrogens with zero attached hydrogens (tertiary/aromatic N) is 2. The molecule has 0 saturated heterocycles. The number of carboxylic acid groups (broad SMARTS) is 1. The highest BCUT2D eigenvalue weighted by molar-refractivity contribution is 5.94. The van der Waals surface area contributed by atoms with E-state index < -0.39 is 18.6 Å². The average molecular weight is 242 g/mol. The normalized spacial score (nSPS) is 14.6. The third-order valence-corrected chi connectivity index (χ3v) is 2.46.